The molecule has 80 valence electrons. The van der Waals surface area contributed by atoms with Crippen LogP contribution in [0.1, 0.15) is 16.8 Å². The lowest BCUT2D eigenvalue weighted by molar-refractivity contribution is 1.04. The normalized spacial score (nSPS) is 9.75. The van der Waals surface area contributed by atoms with E-state index >= 15 is 0 Å². The molecule has 0 aliphatic rings. The van der Waals surface area contributed by atoms with Gasteiger partial charge >= 0.3 is 0 Å². The van der Waals surface area contributed by atoms with Gasteiger partial charge in [-0.25, -0.2) is 4.98 Å². The van der Waals surface area contributed by atoms with Gasteiger partial charge < -0.3 is 5.32 Å². The van der Waals surface area contributed by atoms with Crippen molar-refractivity contribution in [3.8, 4) is 6.07 Å². The second-order valence-electron chi connectivity index (χ2n) is 3.42. The Kier molecular flexibility index (Phi) is 2.83. The van der Waals surface area contributed by atoms with Crippen molar-refractivity contribution < 1.29 is 0 Å². The summed E-state index contributed by atoms with van der Waals surface area (Å²) in [5.41, 5.74) is 2.72. The molecule has 0 atom stereocenters. The molecule has 0 bridgehead atoms. The van der Waals surface area contributed by atoms with Gasteiger partial charge in [-0.2, -0.15) is 10.4 Å². The lowest BCUT2D eigenvalue weighted by atomic mass is 10.2. The number of nitriles is 1. The maximum atomic E-state index is 8.74. The summed E-state index contributed by atoms with van der Waals surface area (Å²) in [6.07, 6.45) is 3.39. The van der Waals surface area contributed by atoms with Crippen molar-refractivity contribution in [1.29, 1.82) is 5.26 Å². The van der Waals surface area contributed by atoms with E-state index in [9.17, 15) is 0 Å². The molecule has 0 amide bonds. The highest BCUT2D eigenvalue weighted by atomic mass is 15.1. The summed E-state index contributed by atoms with van der Waals surface area (Å²) in [7, 11) is 0. The summed E-state index contributed by atoms with van der Waals surface area (Å²) < 4.78 is 0. The molecule has 2 aromatic heterocycles. The van der Waals surface area contributed by atoms with Crippen LogP contribution in [-0.2, 0) is 6.54 Å². The molecule has 2 heterocycles. The van der Waals surface area contributed by atoms with Gasteiger partial charge in [-0.3, -0.25) is 5.10 Å². The van der Waals surface area contributed by atoms with Crippen LogP contribution >= 0.6 is 0 Å². The van der Waals surface area contributed by atoms with Gasteiger partial charge in [-0.1, -0.05) is 0 Å². The van der Waals surface area contributed by atoms with Gasteiger partial charge in [-0.15, -0.1) is 0 Å². The second kappa shape index (κ2) is 4.45. The Hall–Kier alpha value is -2.35. The maximum absolute atomic E-state index is 8.74. The van der Waals surface area contributed by atoms with E-state index < -0.39 is 0 Å². The summed E-state index contributed by atoms with van der Waals surface area (Å²) >= 11 is 0. The van der Waals surface area contributed by atoms with Crippen molar-refractivity contribution in [2.45, 2.75) is 13.5 Å². The highest BCUT2D eigenvalue weighted by molar-refractivity contribution is 5.42. The van der Waals surface area contributed by atoms with E-state index in [0.29, 0.717) is 17.9 Å². The van der Waals surface area contributed by atoms with Crippen LogP contribution in [0.4, 0.5) is 5.82 Å². The molecule has 16 heavy (non-hydrogen) atoms. The summed E-state index contributed by atoms with van der Waals surface area (Å²) in [4.78, 5) is 4.12. The molecule has 0 fully saturated rings. The maximum Gasteiger partial charge on any atom is 0.127 e. The van der Waals surface area contributed by atoms with Gasteiger partial charge in [0, 0.05) is 24.0 Å². The molecular formula is C11H11N5. The van der Waals surface area contributed by atoms with E-state index in [1.807, 2.05) is 6.92 Å². The third-order valence-electron chi connectivity index (χ3n) is 2.28. The number of anilines is 1. The zero-order valence-electron chi connectivity index (χ0n) is 8.86. The number of pyridine rings is 1. The van der Waals surface area contributed by atoms with Crippen LogP contribution in [0, 0.1) is 18.3 Å². The summed E-state index contributed by atoms with van der Waals surface area (Å²) in [5, 5.41) is 18.7. The minimum absolute atomic E-state index is 0.599. The van der Waals surface area contributed by atoms with E-state index in [2.05, 4.69) is 26.6 Å². The Bertz CT molecular complexity index is 523. The van der Waals surface area contributed by atoms with E-state index in [-0.39, 0.29) is 0 Å². The fraction of sp³-hybridized carbons (Fsp3) is 0.182. The number of hydrogen-bond donors (Lipinski definition) is 2. The van der Waals surface area contributed by atoms with Crippen LogP contribution in [0.15, 0.2) is 24.5 Å². The molecule has 0 aromatic carbocycles. The van der Waals surface area contributed by atoms with Crippen LogP contribution in [0.5, 0.6) is 0 Å². The topological polar surface area (TPSA) is 77.4 Å². The van der Waals surface area contributed by atoms with Crippen molar-refractivity contribution in [1.82, 2.24) is 15.2 Å². The molecule has 0 aliphatic carbocycles. The summed E-state index contributed by atoms with van der Waals surface area (Å²) in [5.74, 6) is 0.694. The van der Waals surface area contributed by atoms with Crippen molar-refractivity contribution in [2.24, 2.45) is 0 Å². The number of aromatic amines is 1. The average Bonchev–Trinajstić information content (AvgIpc) is 2.72. The van der Waals surface area contributed by atoms with Crippen LogP contribution in [0.2, 0.25) is 0 Å². The van der Waals surface area contributed by atoms with E-state index in [1.165, 1.54) is 0 Å². The lowest BCUT2D eigenvalue weighted by Gasteiger charge is -2.04. The molecular weight excluding hydrogens is 202 g/mol. The molecule has 2 N–H and O–H groups in total. The minimum atomic E-state index is 0.599. The number of rotatable bonds is 3. The number of H-pyrrole nitrogens is 1. The zero-order chi connectivity index (χ0) is 11.4. The largest absolute Gasteiger partial charge is 0.366 e. The molecule has 2 aromatic rings. The van der Waals surface area contributed by atoms with Crippen molar-refractivity contribution in [3.05, 3.63) is 41.3 Å². The minimum Gasteiger partial charge on any atom is -0.366 e. The monoisotopic (exact) mass is 213 g/mol. The van der Waals surface area contributed by atoms with Gasteiger partial charge in [-0.05, 0) is 19.1 Å². The van der Waals surface area contributed by atoms with Crippen molar-refractivity contribution in [3.63, 3.8) is 0 Å². The first kappa shape index (κ1) is 10.2. The number of nitrogens with zero attached hydrogens (tertiary/aromatic N) is 3. The van der Waals surface area contributed by atoms with Crippen LogP contribution in [0.25, 0.3) is 0 Å². The molecule has 0 unspecified atom stereocenters. The quantitative estimate of drug-likeness (QED) is 0.811. The van der Waals surface area contributed by atoms with Gasteiger partial charge in [0.1, 0.15) is 5.82 Å². The van der Waals surface area contributed by atoms with Gasteiger partial charge in [0.15, 0.2) is 0 Å². The molecule has 0 saturated heterocycles. The van der Waals surface area contributed by atoms with Gasteiger partial charge in [0.25, 0.3) is 0 Å². The predicted octanol–water partition coefficient (Wildman–Crippen LogP) is 1.60. The van der Waals surface area contributed by atoms with Crippen LogP contribution < -0.4 is 5.32 Å². The second-order valence-corrected chi connectivity index (χ2v) is 3.42. The Morgan fingerprint density at radius 2 is 2.44 bits per heavy atom. The first-order chi connectivity index (χ1) is 7.79. The van der Waals surface area contributed by atoms with E-state index in [1.54, 1.807) is 24.5 Å². The zero-order valence-corrected chi connectivity index (χ0v) is 8.86. The molecule has 5 heteroatoms. The average molecular weight is 213 g/mol. The van der Waals surface area contributed by atoms with Crippen molar-refractivity contribution in [2.75, 3.05) is 5.32 Å². The lowest BCUT2D eigenvalue weighted by Crippen LogP contribution is -2.01. The number of hydrogen-bond acceptors (Lipinski definition) is 4. The molecule has 0 radical (unpaired) electrons. The summed E-state index contributed by atoms with van der Waals surface area (Å²) in [6, 6.07) is 5.47. The number of nitrogens with one attached hydrogen (secondary N) is 2. The third kappa shape index (κ3) is 2.17. The third-order valence-corrected chi connectivity index (χ3v) is 2.28. The predicted molar refractivity (Wildman–Crippen MR) is 59.6 cm³/mol. The molecule has 0 aliphatic heterocycles. The Labute approximate surface area is 93.1 Å². The Balaban J connectivity index is 2.05. The fourth-order valence-corrected chi connectivity index (χ4v) is 1.34. The first-order valence-corrected chi connectivity index (χ1v) is 4.88. The molecule has 0 spiro atoms. The Morgan fingerprint density at radius 1 is 1.56 bits per heavy atom. The van der Waals surface area contributed by atoms with Crippen molar-refractivity contribution >= 4 is 5.82 Å². The van der Waals surface area contributed by atoms with E-state index in [0.717, 1.165) is 11.3 Å². The standard InChI is InChI=1S/C11H11N5/c1-8-10(7-15-16-8)6-14-11-4-9(5-12)2-3-13-11/h2-4,7H,6H2,1H3,(H,13,14)(H,15,16). The highest BCUT2D eigenvalue weighted by Crippen LogP contribution is 2.09. The van der Waals surface area contributed by atoms with E-state index in [4.69, 9.17) is 5.26 Å². The highest BCUT2D eigenvalue weighted by Gasteiger charge is 2.01. The fourth-order valence-electron chi connectivity index (χ4n) is 1.34. The number of aromatic nitrogens is 3. The van der Waals surface area contributed by atoms with Crippen LogP contribution in [-0.4, -0.2) is 15.2 Å². The first-order valence-electron chi connectivity index (χ1n) is 4.88. The SMILES string of the molecule is Cc1[nH]ncc1CNc1cc(C#N)ccn1. The van der Waals surface area contributed by atoms with Crippen LogP contribution in [0.3, 0.4) is 0 Å². The molecule has 0 saturated carbocycles. The smallest absolute Gasteiger partial charge is 0.127 e. The summed E-state index contributed by atoms with van der Waals surface area (Å²) in [6.45, 7) is 2.60. The number of aryl methyl sites for hydroxylation is 1. The molecule has 5 nitrogen and oxygen atoms in total. The Morgan fingerprint density at radius 3 is 3.12 bits per heavy atom. The molecule has 2 rings (SSSR count). The van der Waals surface area contributed by atoms with Gasteiger partial charge in [0.05, 0.1) is 17.8 Å². The van der Waals surface area contributed by atoms with Gasteiger partial charge in [0.2, 0.25) is 0 Å².